The van der Waals surface area contributed by atoms with E-state index in [9.17, 15) is 9.18 Å². The third-order valence-electron chi connectivity index (χ3n) is 5.04. The molecule has 1 aromatic carbocycles. The number of terminal acetylenes is 1. The lowest BCUT2D eigenvalue weighted by molar-refractivity contribution is 0.0954. The molecule has 0 saturated carbocycles. The number of methoxy groups -OCH3 is 1. The predicted octanol–water partition coefficient (Wildman–Crippen LogP) is 7.30. The molecule has 0 saturated heterocycles. The smallest absolute Gasteiger partial charge is 0.261 e. The molecule has 0 unspecified atom stereocenters. The van der Waals surface area contributed by atoms with Crippen LogP contribution in [-0.4, -0.2) is 52.3 Å². The van der Waals surface area contributed by atoms with Gasteiger partial charge in [0.2, 0.25) is 0 Å². The molecule has 2 rings (SSSR count). The van der Waals surface area contributed by atoms with Crippen molar-refractivity contribution in [2.75, 3.05) is 34.8 Å². The number of carbonyl (C=O) groups is 1. The standard InChI is InChI=1S/C14H13FN2OS.C10H19NO.C4H11N.C2H6.C2H2/c1-16-9-11-6-7-13(19-11)14(18)17-8-10-4-2-3-5-12(10)15;1-5-10(11-3)8-6-7-9(2)12-4;1-4-5(2)3;2*1-2/h2-7H,1,8-9H2,(H,17,18);5,11H,2,6-8H2,1,3-4H3;4H2,1-3H3;1-2H3;1-2H/b;10-5+;;;. The zero-order chi connectivity index (χ0) is 31.3. The Bertz CT molecular complexity index is 984. The van der Waals surface area contributed by atoms with E-state index in [4.69, 9.17) is 4.74 Å². The molecule has 0 aliphatic heterocycles. The first-order valence-electron chi connectivity index (χ1n) is 13.3. The molecule has 0 aliphatic rings. The van der Waals surface area contributed by atoms with E-state index >= 15 is 0 Å². The normalized spacial score (nSPS) is 9.55. The fourth-order valence-corrected chi connectivity index (χ4v) is 3.47. The number of rotatable bonds is 12. The Morgan fingerprint density at radius 1 is 1.18 bits per heavy atom. The molecular formula is C32H51FN4O2S. The monoisotopic (exact) mass is 574 g/mol. The first kappa shape index (κ1) is 41.1. The van der Waals surface area contributed by atoms with Crippen LogP contribution in [0.5, 0.6) is 0 Å². The lowest BCUT2D eigenvalue weighted by Gasteiger charge is -2.06. The van der Waals surface area contributed by atoms with Gasteiger partial charge in [0.05, 0.1) is 24.3 Å². The quantitative estimate of drug-likeness (QED) is 0.159. The van der Waals surface area contributed by atoms with Gasteiger partial charge in [-0.05, 0) is 65.3 Å². The van der Waals surface area contributed by atoms with E-state index in [2.05, 4.69) is 73.8 Å². The third kappa shape index (κ3) is 21.5. The number of carbonyl (C=O) groups excluding carboxylic acids is 1. The van der Waals surface area contributed by atoms with Gasteiger partial charge in [0.25, 0.3) is 5.91 Å². The van der Waals surface area contributed by atoms with Crippen LogP contribution in [0.15, 0.2) is 65.5 Å². The zero-order valence-corrected chi connectivity index (χ0v) is 26.7. The zero-order valence-electron chi connectivity index (χ0n) is 25.9. The predicted molar refractivity (Wildman–Crippen MR) is 173 cm³/mol. The van der Waals surface area contributed by atoms with E-state index in [0.29, 0.717) is 17.0 Å². The number of ether oxygens (including phenoxy) is 1. The summed E-state index contributed by atoms with van der Waals surface area (Å²) in [6, 6.07) is 9.97. The van der Waals surface area contributed by atoms with Crippen molar-refractivity contribution in [2.24, 2.45) is 4.99 Å². The van der Waals surface area contributed by atoms with Crippen molar-refractivity contribution < 1.29 is 13.9 Å². The third-order valence-corrected chi connectivity index (χ3v) is 6.11. The number of hydrogen-bond donors (Lipinski definition) is 2. The summed E-state index contributed by atoms with van der Waals surface area (Å²) in [4.78, 5) is 19.3. The number of aliphatic imine (C=N–C) groups is 1. The fourth-order valence-electron chi connectivity index (χ4n) is 2.59. The van der Waals surface area contributed by atoms with Gasteiger partial charge in [0, 0.05) is 36.2 Å². The second kappa shape index (κ2) is 28.6. The molecule has 6 nitrogen and oxygen atoms in total. The maximum Gasteiger partial charge on any atom is 0.261 e. The number of thiophene rings is 1. The number of benzene rings is 1. The molecule has 8 heteroatoms. The van der Waals surface area contributed by atoms with Crippen molar-refractivity contribution in [3.63, 3.8) is 0 Å². The Hall–Kier alpha value is -3.41. The van der Waals surface area contributed by atoms with Gasteiger partial charge in [-0.3, -0.25) is 9.79 Å². The maximum atomic E-state index is 13.4. The molecule has 0 aliphatic carbocycles. The first-order valence-corrected chi connectivity index (χ1v) is 14.1. The summed E-state index contributed by atoms with van der Waals surface area (Å²) >= 11 is 1.37. The van der Waals surface area contributed by atoms with Crippen molar-refractivity contribution in [1.29, 1.82) is 0 Å². The molecule has 1 amide bonds. The number of amides is 1. The van der Waals surface area contributed by atoms with Gasteiger partial charge >= 0.3 is 0 Å². The molecule has 0 fully saturated rings. The van der Waals surface area contributed by atoms with Crippen LogP contribution >= 0.6 is 11.3 Å². The highest BCUT2D eigenvalue weighted by Gasteiger charge is 2.09. The van der Waals surface area contributed by atoms with Gasteiger partial charge in [0.1, 0.15) is 5.82 Å². The fraction of sp³-hybridized carbons (Fsp3) is 0.438. The van der Waals surface area contributed by atoms with Crippen LogP contribution in [0, 0.1) is 18.7 Å². The van der Waals surface area contributed by atoms with E-state index in [-0.39, 0.29) is 18.3 Å². The van der Waals surface area contributed by atoms with Crippen LogP contribution in [0.3, 0.4) is 0 Å². The topological polar surface area (TPSA) is 66.0 Å². The molecule has 0 radical (unpaired) electrons. The number of halogens is 1. The largest absolute Gasteiger partial charge is 0.502 e. The molecule has 0 bridgehead atoms. The highest BCUT2D eigenvalue weighted by atomic mass is 32.1. The minimum absolute atomic E-state index is 0.179. The average molecular weight is 575 g/mol. The van der Waals surface area contributed by atoms with Crippen molar-refractivity contribution in [2.45, 2.75) is 60.0 Å². The van der Waals surface area contributed by atoms with Gasteiger partial charge < -0.3 is 20.3 Å². The van der Waals surface area contributed by atoms with Gasteiger partial charge in [-0.1, -0.05) is 51.6 Å². The van der Waals surface area contributed by atoms with Crippen LogP contribution in [0.1, 0.15) is 67.1 Å². The average Bonchev–Trinajstić information content (AvgIpc) is 3.46. The summed E-state index contributed by atoms with van der Waals surface area (Å²) in [6.07, 6.45) is 13.2. The summed E-state index contributed by atoms with van der Waals surface area (Å²) in [5, 5.41) is 5.83. The van der Waals surface area contributed by atoms with Crippen LogP contribution in [-0.2, 0) is 17.8 Å². The van der Waals surface area contributed by atoms with E-state index in [1.807, 2.05) is 33.9 Å². The molecule has 224 valence electrons. The number of hydrogen-bond acceptors (Lipinski definition) is 6. The molecule has 1 aromatic heterocycles. The molecular weight excluding hydrogens is 523 g/mol. The van der Waals surface area contributed by atoms with Crippen LogP contribution in [0.25, 0.3) is 0 Å². The van der Waals surface area contributed by atoms with Gasteiger partial charge in [-0.2, -0.15) is 0 Å². The SMILES string of the molecule is C#C.C=C(CCC/C(=C\C)NC)OC.C=NCc1ccc(C(=O)NCc2ccccc2F)s1.CC.CCN(C)C. The van der Waals surface area contributed by atoms with Crippen molar-refractivity contribution in [3.05, 3.63) is 81.6 Å². The number of nitrogens with one attached hydrogen (secondary N) is 2. The van der Waals surface area contributed by atoms with E-state index in [0.717, 1.165) is 36.4 Å². The van der Waals surface area contributed by atoms with E-state index in [1.165, 1.54) is 23.1 Å². The Labute approximate surface area is 247 Å². The maximum absolute atomic E-state index is 13.4. The molecule has 2 aromatic rings. The van der Waals surface area contributed by atoms with E-state index < -0.39 is 0 Å². The summed E-state index contributed by atoms with van der Waals surface area (Å²) in [5.74, 6) is 0.343. The van der Waals surface area contributed by atoms with Crippen molar-refractivity contribution >= 4 is 24.0 Å². The van der Waals surface area contributed by atoms with Crippen molar-refractivity contribution in [3.8, 4) is 12.8 Å². The summed E-state index contributed by atoms with van der Waals surface area (Å²) in [6.45, 7) is 17.2. The first-order chi connectivity index (χ1) is 19.2. The summed E-state index contributed by atoms with van der Waals surface area (Å²) in [7, 11) is 7.72. The summed E-state index contributed by atoms with van der Waals surface area (Å²) < 4.78 is 18.3. The molecule has 2 N–H and O–H groups in total. The van der Waals surface area contributed by atoms with E-state index in [1.54, 1.807) is 31.4 Å². The molecule has 0 atom stereocenters. The Kier molecular flexibility index (Phi) is 29.4. The highest BCUT2D eigenvalue weighted by Crippen LogP contribution is 2.17. The van der Waals surface area contributed by atoms with Crippen molar-refractivity contribution in [1.82, 2.24) is 15.5 Å². The number of nitrogens with zero attached hydrogens (tertiary/aromatic N) is 2. The molecule has 40 heavy (non-hydrogen) atoms. The highest BCUT2D eigenvalue weighted by molar-refractivity contribution is 7.14. The molecule has 0 spiro atoms. The van der Waals surface area contributed by atoms with Crippen LogP contribution in [0.4, 0.5) is 4.39 Å². The molecule has 1 heterocycles. The second-order valence-corrected chi connectivity index (χ2v) is 9.15. The second-order valence-electron chi connectivity index (χ2n) is 7.98. The lowest BCUT2D eigenvalue weighted by Crippen LogP contribution is -2.22. The van der Waals surface area contributed by atoms with Gasteiger partial charge in [-0.25, -0.2) is 4.39 Å². The van der Waals surface area contributed by atoms with Gasteiger partial charge in [0.15, 0.2) is 0 Å². The minimum Gasteiger partial charge on any atom is -0.502 e. The Morgan fingerprint density at radius 3 is 2.25 bits per heavy atom. The van der Waals surface area contributed by atoms with Crippen LogP contribution < -0.4 is 10.6 Å². The summed E-state index contributed by atoms with van der Waals surface area (Å²) in [5.41, 5.74) is 1.75. The van der Waals surface area contributed by atoms with Gasteiger partial charge in [-0.15, -0.1) is 24.2 Å². The Morgan fingerprint density at radius 2 is 1.77 bits per heavy atom. The van der Waals surface area contributed by atoms with Crippen LogP contribution in [0.2, 0.25) is 0 Å². The number of allylic oxidation sites excluding steroid dienone is 3. The Balaban J connectivity index is -0.000000559. The lowest BCUT2D eigenvalue weighted by atomic mass is 10.2. The minimum atomic E-state index is -0.314.